The molecule has 0 N–H and O–H groups in total. The molecule has 2 rings (SSSR count). The molecule has 22 heavy (non-hydrogen) atoms. The van der Waals surface area contributed by atoms with E-state index in [2.05, 4.69) is 4.98 Å². The molecule has 0 aliphatic carbocycles. The smallest absolute Gasteiger partial charge is 0.410 e. The Bertz CT molecular complexity index is 580. The number of carbonyl (C=O) groups excluding carboxylic acids is 2. The topological polar surface area (TPSA) is 78.0 Å². The number of fused-ring (bicyclic) bond motifs is 1. The molecule has 0 radical (unpaired) electrons. The van der Waals surface area contributed by atoms with Crippen LogP contribution in [0.15, 0.2) is 12.3 Å². The molecule has 0 atom stereocenters. The largest absolute Gasteiger partial charge is 0.489 e. The Labute approximate surface area is 129 Å². The molecule has 7 nitrogen and oxygen atoms in total. The highest BCUT2D eigenvalue weighted by molar-refractivity contribution is 5.92. The predicted octanol–water partition coefficient (Wildman–Crippen LogP) is 2.00. The van der Waals surface area contributed by atoms with Gasteiger partial charge in [0.1, 0.15) is 23.5 Å². The average Bonchev–Trinajstić information content (AvgIpc) is 2.66. The van der Waals surface area contributed by atoms with Gasteiger partial charge in [0.25, 0.3) is 0 Å². The first-order valence-corrected chi connectivity index (χ1v) is 6.99. The van der Waals surface area contributed by atoms with Crippen molar-refractivity contribution in [2.24, 2.45) is 0 Å². The molecule has 0 unspecified atom stereocenters. The molecule has 0 fully saturated rings. The van der Waals surface area contributed by atoms with E-state index < -0.39 is 17.7 Å². The quantitative estimate of drug-likeness (QED) is 0.738. The van der Waals surface area contributed by atoms with E-state index in [1.165, 1.54) is 24.3 Å². The van der Waals surface area contributed by atoms with Crippen molar-refractivity contribution in [1.29, 1.82) is 0 Å². The van der Waals surface area contributed by atoms with Crippen molar-refractivity contribution in [1.82, 2.24) is 9.88 Å². The Hall–Kier alpha value is -2.31. The Morgan fingerprint density at radius 3 is 2.73 bits per heavy atom. The molecule has 1 aliphatic heterocycles. The van der Waals surface area contributed by atoms with Gasteiger partial charge in [0.05, 0.1) is 20.2 Å². The maximum absolute atomic E-state index is 12.2. The van der Waals surface area contributed by atoms with Crippen LogP contribution in [0, 0.1) is 0 Å². The van der Waals surface area contributed by atoms with Gasteiger partial charge < -0.3 is 14.2 Å². The summed E-state index contributed by atoms with van der Waals surface area (Å²) in [5.41, 5.74) is 0.235. The summed E-state index contributed by atoms with van der Waals surface area (Å²) in [6.07, 6.45) is 1.06. The minimum absolute atomic E-state index is 0.217. The Kier molecular flexibility index (Phi) is 4.54. The van der Waals surface area contributed by atoms with Crippen molar-refractivity contribution in [2.45, 2.75) is 32.9 Å². The number of nitrogens with zero attached hydrogens (tertiary/aromatic N) is 2. The van der Waals surface area contributed by atoms with Crippen LogP contribution < -0.4 is 4.74 Å². The molecule has 120 valence electrons. The second-order valence-electron chi connectivity index (χ2n) is 5.88. The number of rotatable bonds is 1. The summed E-state index contributed by atoms with van der Waals surface area (Å²) >= 11 is 0. The van der Waals surface area contributed by atoms with E-state index in [4.69, 9.17) is 14.2 Å². The summed E-state index contributed by atoms with van der Waals surface area (Å²) < 4.78 is 15.7. The molecule has 0 saturated heterocycles. The Morgan fingerprint density at radius 1 is 1.36 bits per heavy atom. The van der Waals surface area contributed by atoms with Crippen molar-refractivity contribution in [3.05, 3.63) is 23.5 Å². The third-order valence-electron chi connectivity index (χ3n) is 2.98. The van der Waals surface area contributed by atoms with E-state index in [0.29, 0.717) is 23.6 Å². The van der Waals surface area contributed by atoms with Crippen LogP contribution in [-0.4, -0.2) is 47.8 Å². The van der Waals surface area contributed by atoms with Crippen LogP contribution in [0.4, 0.5) is 4.79 Å². The molecule has 0 aromatic carbocycles. The molecule has 1 aromatic heterocycles. The fourth-order valence-corrected chi connectivity index (χ4v) is 2.04. The van der Waals surface area contributed by atoms with E-state index in [1.54, 1.807) is 20.8 Å². The highest BCUT2D eigenvalue weighted by atomic mass is 16.6. The van der Waals surface area contributed by atoms with E-state index in [9.17, 15) is 9.59 Å². The van der Waals surface area contributed by atoms with Gasteiger partial charge >= 0.3 is 12.1 Å². The van der Waals surface area contributed by atoms with Gasteiger partial charge in [-0.15, -0.1) is 0 Å². The first-order chi connectivity index (χ1) is 10.3. The molecule has 1 aromatic rings. The fraction of sp³-hybridized carbons (Fsp3) is 0.533. The number of amides is 1. The molecular formula is C15H20N2O5. The highest BCUT2D eigenvalue weighted by Crippen LogP contribution is 2.27. The molecule has 0 bridgehead atoms. The van der Waals surface area contributed by atoms with Crippen LogP contribution in [0.25, 0.3) is 0 Å². The SMILES string of the molecule is COC(=O)c1ccnc2c1OCCN(C(=O)OC(C)(C)C)C2. The fourth-order valence-electron chi connectivity index (χ4n) is 2.04. The second kappa shape index (κ2) is 6.21. The third-order valence-corrected chi connectivity index (χ3v) is 2.98. The van der Waals surface area contributed by atoms with Crippen LogP contribution >= 0.6 is 0 Å². The summed E-state index contributed by atoms with van der Waals surface area (Å²) in [4.78, 5) is 29.7. The lowest BCUT2D eigenvalue weighted by Crippen LogP contribution is -2.37. The number of aromatic nitrogens is 1. The van der Waals surface area contributed by atoms with Crippen LogP contribution in [0.3, 0.4) is 0 Å². The van der Waals surface area contributed by atoms with Crippen molar-refractivity contribution >= 4 is 12.1 Å². The normalized spacial score (nSPS) is 14.5. The number of esters is 1. The average molecular weight is 308 g/mol. The molecule has 2 heterocycles. The van der Waals surface area contributed by atoms with Gasteiger partial charge in [0.15, 0.2) is 5.75 Å². The monoisotopic (exact) mass is 308 g/mol. The van der Waals surface area contributed by atoms with Crippen molar-refractivity contribution in [3.63, 3.8) is 0 Å². The summed E-state index contributed by atoms with van der Waals surface area (Å²) in [6.45, 7) is 6.24. The van der Waals surface area contributed by atoms with Crippen LogP contribution in [0.1, 0.15) is 36.8 Å². The van der Waals surface area contributed by atoms with Crippen LogP contribution in [0.2, 0.25) is 0 Å². The van der Waals surface area contributed by atoms with E-state index >= 15 is 0 Å². The van der Waals surface area contributed by atoms with Crippen molar-refractivity contribution in [2.75, 3.05) is 20.3 Å². The molecule has 0 spiro atoms. The molecular weight excluding hydrogens is 288 g/mol. The molecule has 1 aliphatic rings. The molecule has 1 amide bonds. The third kappa shape index (κ3) is 3.66. The number of hydrogen-bond donors (Lipinski definition) is 0. The lowest BCUT2D eigenvalue weighted by atomic mass is 10.2. The van der Waals surface area contributed by atoms with E-state index in [1.807, 2.05) is 0 Å². The number of pyridine rings is 1. The van der Waals surface area contributed by atoms with Crippen molar-refractivity contribution in [3.8, 4) is 5.75 Å². The lowest BCUT2D eigenvalue weighted by molar-refractivity contribution is 0.0223. The van der Waals surface area contributed by atoms with Gasteiger partial charge in [0, 0.05) is 6.20 Å². The summed E-state index contributed by atoms with van der Waals surface area (Å²) in [7, 11) is 1.30. The molecule has 7 heteroatoms. The standard InChI is InChI=1S/C15H20N2O5/c1-15(2,3)22-14(19)17-7-8-21-12-10(13(18)20-4)5-6-16-11(12)9-17/h5-6H,7-9H2,1-4H3. The lowest BCUT2D eigenvalue weighted by Gasteiger charge is -2.25. The van der Waals surface area contributed by atoms with Crippen molar-refractivity contribution < 1.29 is 23.8 Å². The van der Waals surface area contributed by atoms with Gasteiger partial charge in [-0.2, -0.15) is 0 Å². The van der Waals surface area contributed by atoms with Gasteiger partial charge in [-0.1, -0.05) is 0 Å². The van der Waals surface area contributed by atoms with Gasteiger partial charge in [0.2, 0.25) is 0 Å². The molecule has 0 saturated carbocycles. The van der Waals surface area contributed by atoms with Crippen LogP contribution in [-0.2, 0) is 16.0 Å². The zero-order valence-electron chi connectivity index (χ0n) is 13.2. The zero-order chi connectivity index (χ0) is 16.3. The Balaban J connectivity index is 2.24. The van der Waals surface area contributed by atoms with Gasteiger partial charge in [-0.05, 0) is 26.8 Å². The number of carbonyl (C=O) groups is 2. The summed E-state index contributed by atoms with van der Waals surface area (Å²) in [5.74, 6) is -0.134. The first kappa shape index (κ1) is 16.1. The summed E-state index contributed by atoms with van der Waals surface area (Å²) in [5, 5.41) is 0. The van der Waals surface area contributed by atoms with E-state index in [0.717, 1.165) is 0 Å². The minimum Gasteiger partial charge on any atom is -0.489 e. The van der Waals surface area contributed by atoms with Crippen LogP contribution in [0.5, 0.6) is 5.75 Å². The first-order valence-electron chi connectivity index (χ1n) is 6.99. The number of hydrogen-bond acceptors (Lipinski definition) is 6. The van der Waals surface area contributed by atoms with E-state index in [-0.39, 0.29) is 13.2 Å². The maximum Gasteiger partial charge on any atom is 0.410 e. The second-order valence-corrected chi connectivity index (χ2v) is 5.88. The predicted molar refractivity (Wildman–Crippen MR) is 77.7 cm³/mol. The summed E-state index contributed by atoms with van der Waals surface area (Å²) in [6, 6.07) is 1.54. The minimum atomic E-state index is -0.575. The highest BCUT2D eigenvalue weighted by Gasteiger charge is 2.28. The van der Waals surface area contributed by atoms with Gasteiger partial charge in [-0.25, -0.2) is 9.59 Å². The number of ether oxygens (including phenoxy) is 3. The van der Waals surface area contributed by atoms with Gasteiger partial charge in [-0.3, -0.25) is 9.88 Å². The zero-order valence-corrected chi connectivity index (χ0v) is 13.2. The number of methoxy groups -OCH3 is 1. The maximum atomic E-state index is 12.2. The Morgan fingerprint density at radius 2 is 2.09 bits per heavy atom.